The molecule has 0 aliphatic heterocycles. The summed E-state index contributed by atoms with van der Waals surface area (Å²) in [5.41, 5.74) is 0. The van der Waals surface area contributed by atoms with Crippen molar-refractivity contribution in [3.63, 3.8) is 0 Å². The third-order valence-electron chi connectivity index (χ3n) is 0.930. The molecule has 0 spiro atoms. The molecule has 12 heavy (non-hydrogen) atoms. The minimum absolute atomic E-state index is 0. The first-order chi connectivity index (χ1) is 5.00. The maximum absolute atomic E-state index is 10.1. The Labute approximate surface area is 106 Å². The summed E-state index contributed by atoms with van der Waals surface area (Å²) in [4.78, 5) is 20.2. The van der Waals surface area contributed by atoms with Gasteiger partial charge >= 0.3 is 105 Å². The molecule has 0 fully saturated rings. The normalized spacial score (nSPS) is 14.2. The van der Waals surface area contributed by atoms with Gasteiger partial charge in [-0.3, -0.25) is 0 Å². The summed E-state index contributed by atoms with van der Waals surface area (Å²) in [6.45, 7) is 0. The first kappa shape index (κ1) is 15.2. The van der Waals surface area contributed by atoms with Gasteiger partial charge in [-0.25, -0.2) is 0 Å². The number of rotatable bonds is 4. The molecule has 0 saturated heterocycles. The predicted molar refractivity (Wildman–Crippen MR) is 35.8 cm³/mol. The van der Waals surface area contributed by atoms with Crippen LogP contribution in [-0.4, -0.2) is 62.9 Å². The number of aliphatic hydroxyl groups excluding tert-OH is 1. The van der Waals surface area contributed by atoms with Crippen molar-refractivity contribution in [3.8, 4) is 0 Å². The molecule has 6 nitrogen and oxygen atoms in total. The summed E-state index contributed by atoms with van der Waals surface area (Å²) >= 11 is 0.120. The van der Waals surface area contributed by atoms with Gasteiger partial charge in [-0.15, -0.1) is 0 Å². The van der Waals surface area contributed by atoms with Crippen LogP contribution >= 0.6 is 0 Å². The van der Waals surface area contributed by atoms with Crippen molar-refractivity contribution in [2.75, 3.05) is 0 Å². The smallest absolute Gasteiger partial charge is 1.00 e. The van der Waals surface area contributed by atoms with Crippen LogP contribution in [0.3, 0.4) is 0 Å². The minimum atomic E-state index is -2.00. The fraction of sp³-hybridized carbons (Fsp3) is 0.500. The van der Waals surface area contributed by atoms with Crippen molar-refractivity contribution in [2.24, 2.45) is 0 Å². The molecule has 0 aliphatic rings. The van der Waals surface area contributed by atoms with Crippen LogP contribution in [0.25, 0.3) is 0 Å². The van der Waals surface area contributed by atoms with Crippen LogP contribution in [0.5, 0.6) is 0 Å². The molecule has 66 valence electrons. The Balaban J connectivity index is -0.000000500. The van der Waals surface area contributed by atoms with Crippen molar-refractivity contribution >= 4 is 35.4 Å². The third kappa shape index (κ3) is 4.64. The second-order valence-corrected chi connectivity index (χ2v) is 2.45. The van der Waals surface area contributed by atoms with E-state index in [2.05, 4.69) is 3.02 Å². The molecule has 0 aromatic rings. The summed E-state index contributed by atoms with van der Waals surface area (Å²) in [6.07, 6.45) is -3.66. The zero-order valence-electron chi connectivity index (χ0n) is 7.30. The van der Waals surface area contributed by atoms with Crippen LogP contribution in [0.4, 0.5) is 0 Å². The number of aliphatic hydroxyl groups is 1. The fourth-order valence-electron chi connectivity index (χ4n) is 0.397. The first-order valence-corrected chi connectivity index (χ1v) is 3.84. The molecule has 2 unspecified atom stereocenters. The van der Waals surface area contributed by atoms with Gasteiger partial charge in [0.2, 0.25) is 0 Å². The topological polar surface area (TPSA) is 104 Å². The van der Waals surface area contributed by atoms with E-state index in [1.807, 2.05) is 0 Å². The Morgan fingerprint density at radius 1 is 1.33 bits per heavy atom. The van der Waals surface area contributed by atoms with Gasteiger partial charge in [-0.2, -0.15) is 0 Å². The molecule has 8 heteroatoms. The molecule has 0 heterocycles. The van der Waals surface area contributed by atoms with E-state index in [1.54, 1.807) is 0 Å². The van der Waals surface area contributed by atoms with Crippen LogP contribution in [0, 0.1) is 0 Å². The number of hydrogen-bond donors (Lipinski definition) is 3. The Hall–Kier alpha value is 0.678. The van der Waals surface area contributed by atoms with Crippen LogP contribution in [0.2, 0.25) is 0 Å². The molecule has 0 aliphatic carbocycles. The fourth-order valence-corrected chi connectivity index (χ4v) is 1.15. The van der Waals surface area contributed by atoms with Crippen LogP contribution < -0.4 is 29.6 Å². The predicted octanol–water partition coefficient (Wildman–Crippen LogP) is -5.43. The summed E-state index contributed by atoms with van der Waals surface area (Å²) in [7, 11) is 0. The molecule has 3 N–H and O–H groups in total. The monoisotopic (exact) mass is 296 g/mol. The average Bonchev–Trinajstić information content (AvgIpc) is 1.88. The van der Waals surface area contributed by atoms with Gasteiger partial charge in [0.25, 0.3) is 0 Å². The Morgan fingerprint density at radius 3 is 1.83 bits per heavy atom. The zero-order valence-corrected chi connectivity index (χ0v) is 11.6. The zero-order chi connectivity index (χ0) is 9.02. The minimum Gasteiger partial charge on any atom is -1.00 e. The Bertz CT molecular complexity index is 178. The summed E-state index contributed by atoms with van der Waals surface area (Å²) < 4.78 is 4.33. The number of hydrogen-bond acceptors (Lipinski definition) is 4. The molecular weight excluding hydrogens is 289 g/mol. The van der Waals surface area contributed by atoms with Crippen LogP contribution in [-0.2, 0) is 12.6 Å². The molecule has 0 radical (unpaired) electrons. The number of carboxylic acids is 2. The van der Waals surface area contributed by atoms with Gasteiger partial charge in [0.1, 0.15) is 0 Å². The molecule has 0 aromatic carbocycles. The molecule has 0 amide bonds. The molecule has 2 atom stereocenters. The SMILES string of the molecule is O=C(O)C(O)C([O][SbH2])C(=O)O.[H-].[Na+]. The second-order valence-electron chi connectivity index (χ2n) is 1.68. The van der Waals surface area contributed by atoms with Crippen LogP contribution in [0.15, 0.2) is 0 Å². The maximum atomic E-state index is 10.1. The largest absolute Gasteiger partial charge is 1.00 e. The average molecular weight is 297 g/mol. The quantitative estimate of drug-likeness (QED) is 0.447. The molecule has 0 aromatic heterocycles. The number of carboxylic acid groups (broad SMARTS) is 2. The van der Waals surface area contributed by atoms with E-state index in [1.165, 1.54) is 0 Å². The van der Waals surface area contributed by atoms with Gasteiger partial charge in [0.05, 0.1) is 0 Å². The van der Waals surface area contributed by atoms with E-state index in [9.17, 15) is 9.59 Å². The van der Waals surface area contributed by atoms with E-state index in [0.717, 1.165) is 0 Å². The van der Waals surface area contributed by atoms with Crippen molar-refractivity contribution in [1.82, 2.24) is 0 Å². The van der Waals surface area contributed by atoms with E-state index >= 15 is 0 Å². The maximum Gasteiger partial charge on any atom is 1.00 e. The van der Waals surface area contributed by atoms with E-state index in [4.69, 9.17) is 15.3 Å². The molecule has 0 rings (SSSR count). The van der Waals surface area contributed by atoms with Gasteiger partial charge in [-0.1, -0.05) is 0 Å². The Kier molecular flexibility index (Phi) is 8.99. The summed E-state index contributed by atoms with van der Waals surface area (Å²) in [5, 5.41) is 25.1. The van der Waals surface area contributed by atoms with E-state index in [-0.39, 0.29) is 54.4 Å². The second kappa shape index (κ2) is 7.12. The van der Waals surface area contributed by atoms with Crippen molar-refractivity contribution in [1.29, 1.82) is 0 Å². The summed E-state index contributed by atoms with van der Waals surface area (Å²) in [6, 6.07) is 0. The third-order valence-corrected chi connectivity index (χ3v) is 1.77. The molecular formula is C4H8NaO6Sb. The Morgan fingerprint density at radius 2 is 1.75 bits per heavy atom. The van der Waals surface area contributed by atoms with E-state index < -0.39 is 24.1 Å². The summed E-state index contributed by atoms with van der Waals surface area (Å²) in [5.74, 6) is -3.08. The van der Waals surface area contributed by atoms with Gasteiger partial charge < -0.3 is 1.43 Å². The number of aliphatic carboxylic acids is 2. The van der Waals surface area contributed by atoms with Crippen molar-refractivity contribution in [3.05, 3.63) is 0 Å². The standard InChI is InChI=1S/C4H5O6.Na.Sb.3H/c5-1(3(7)8)2(6)4(9)10;;;;;/h1-2,5H,(H,7,8)(H,9,10);;;;;/q-1;2*+1;;;-1. The van der Waals surface area contributed by atoms with Crippen LogP contribution in [0.1, 0.15) is 1.43 Å². The van der Waals surface area contributed by atoms with Gasteiger partial charge in [0, 0.05) is 0 Å². The van der Waals surface area contributed by atoms with E-state index in [0.29, 0.717) is 0 Å². The van der Waals surface area contributed by atoms with Gasteiger partial charge in [-0.05, 0) is 0 Å². The van der Waals surface area contributed by atoms with Crippen molar-refractivity contribution in [2.45, 2.75) is 12.2 Å². The molecule has 0 bridgehead atoms. The first-order valence-electron chi connectivity index (χ1n) is 2.50. The van der Waals surface area contributed by atoms with Crippen molar-refractivity contribution < 1.29 is 58.9 Å². The number of carbonyl (C=O) groups is 2. The van der Waals surface area contributed by atoms with Gasteiger partial charge in [0.15, 0.2) is 0 Å². The molecule has 0 saturated carbocycles.